The summed E-state index contributed by atoms with van der Waals surface area (Å²) in [5.41, 5.74) is 22.9. The zero-order chi connectivity index (χ0) is 22.9. The number of aliphatic hydroxyl groups excluding tert-OH is 2. The van der Waals surface area contributed by atoms with Crippen molar-refractivity contribution < 1.29 is 34.3 Å². The number of ether oxygens (including phenoxy) is 4. The van der Waals surface area contributed by atoms with Crippen molar-refractivity contribution in [3.05, 3.63) is 11.8 Å². The monoisotopic (exact) mass is 447 g/mol. The molecule has 2 heterocycles. The van der Waals surface area contributed by atoms with Gasteiger partial charge in [0.2, 0.25) is 6.29 Å². The van der Waals surface area contributed by atoms with Gasteiger partial charge in [-0.25, -0.2) is 0 Å². The van der Waals surface area contributed by atoms with Crippen molar-refractivity contribution in [3.8, 4) is 0 Å². The summed E-state index contributed by atoms with van der Waals surface area (Å²) in [5, 5.41) is 34.9. The van der Waals surface area contributed by atoms with Gasteiger partial charge in [-0.2, -0.15) is 0 Å². The van der Waals surface area contributed by atoms with Crippen LogP contribution in [0.4, 0.5) is 0 Å². The molecule has 0 radical (unpaired) electrons. The molecule has 12 nitrogen and oxygen atoms in total. The van der Waals surface area contributed by atoms with Crippen LogP contribution >= 0.6 is 0 Å². The van der Waals surface area contributed by atoms with Crippen molar-refractivity contribution in [1.29, 1.82) is 0 Å². The van der Waals surface area contributed by atoms with Gasteiger partial charge in [-0.3, -0.25) is 0 Å². The average Bonchev–Trinajstić information content (AvgIpc) is 2.71. The number of rotatable bonds is 6. The molecule has 0 aromatic heterocycles. The lowest BCUT2D eigenvalue weighted by molar-refractivity contribution is -0.303. The molecular formula is C19H37N5O7. The molecule has 1 aliphatic carbocycles. The van der Waals surface area contributed by atoms with Crippen LogP contribution < -0.4 is 28.3 Å². The minimum absolute atomic E-state index is 0.0727. The molecule has 2 fully saturated rings. The molecule has 180 valence electrons. The van der Waals surface area contributed by atoms with Crippen LogP contribution in [-0.2, 0) is 18.9 Å². The number of hydrogen-bond acceptors (Lipinski definition) is 12. The third-order valence-corrected chi connectivity index (χ3v) is 6.22. The van der Waals surface area contributed by atoms with Crippen molar-refractivity contribution in [1.82, 2.24) is 5.32 Å². The summed E-state index contributed by atoms with van der Waals surface area (Å²) in [6, 6.07) is -2.37. The van der Waals surface area contributed by atoms with Gasteiger partial charge >= 0.3 is 0 Å². The third-order valence-electron chi connectivity index (χ3n) is 6.22. The second-order valence-electron chi connectivity index (χ2n) is 8.81. The Morgan fingerprint density at radius 2 is 1.71 bits per heavy atom. The Kier molecular flexibility index (Phi) is 7.92. The Balaban J connectivity index is 1.69. The highest BCUT2D eigenvalue weighted by molar-refractivity contribution is 5.04. The fourth-order valence-corrected chi connectivity index (χ4v) is 4.44. The van der Waals surface area contributed by atoms with Crippen LogP contribution in [0.1, 0.15) is 19.8 Å². The molecule has 0 bridgehead atoms. The minimum atomic E-state index is -1.29. The van der Waals surface area contributed by atoms with Crippen LogP contribution in [-0.4, -0.2) is 102 Å². The maximum Gasteiger partial charge on any atom is 0.215 e. The van der Waals surface area contributed by atoms with Gasteiger partial charge < -0.3 is 62.5 Å². The first-order chi connectivity index (χ1) is 14.6. The van der Waals surface area contributed by atoms with E-state index in [1.165, 1.54) is 0 Å². The van der Waals surface area contributed by atoms with Crippen LogP contribution in [0, 0.1) is 0 Å². The molecular weight excluding hydrogens is 410 g/mol. The Labute approximate surface area is 181 Å². The van der Waals surface area contributed by atoms with E-state index in [0.29, 0.717) is 18.6 Å². The van der Waals surface area contributed by atoms with E-state index < -0.39 is 66.8 Å². The summed E-state index contributed by atoms with van der Waals surface area (Å²) in [5.74, 6) is 0.555. The van der Waals surface area contributed by atoms with Gasteiger partial charge in [-0.15, -0.1) is 0 Å². The molecule has 1 saturated carbocycles. The van der Waals surface area contributed by atoms with E-state index >= 15 is 0 Å². The Hall–Kier alpha value is -0.900. The highest BCUT2D eigenvalue weighted by Gasteiger charge is 2.50. The smallest absolute Gasteiger partial charge is 0.215 e. The first kappa shape index (κ1) is 24.7. The molecule has 0 aromatic carbocycles. The molecule has 1 saturated heterocycles. The zero-order valence-electron chi connectivity index (χ0n) is 18.0. The topological polar surface area (TPSA) is 214 Å². The van der Waals surface area contributed by atoms with E-state index in [1.54, 1.807) is 20.0 Å². The van der Waals surface area contributed by atoms with E-state index in [2.05, 4.69) is 5.32 Å². The van der Waals surface area contributed by atoms with Crippen molar-refractivity contribution in [2.45, 2.75) is 86.5 Å². The molecule has 12 heteroatoms. The maximum atomic E-state index is 11.0. The second kappa shape index (κ2) is 9.93. The second-order valence-corrected chi connectivity index (χ2v) is 8.81. The van der Waals surface area contributed by atoms with Gasteiger partial charge in [0.15, 0.2) is 6.29 Å². The normalized spacial score (nSPS) is 48.7. The highest BCUT2D eigenvalue weighted by atomic mass is 16.7. The number of likely N-dealkylation sites (N-methyl/N-ethyl adjacent to an activating group) is 1. The Morgan fingerprint density at radius 1 is 1.10 bits per heavy atom. The predicted molar refractivity (Wildman–Crippen MR) is 110 cm³/mol. The molecule has 0 spiro atoms. The van der Waals surface area contributed by atoms with Gasteiger partial charge in [-0.05, 0) is 32.9 Å². The standard InChI is InChI=1S/C19H37N5O7/c1-19(27)7-28-18(13(26)16(19)24-2)31-15-11(23)5-10(22)14(12(15)25)30-17-9(21)4-3-8(6-20)29-17/h3,9-18,24-27H,4-7,20-23H2,1-2H3/t9-,10+,11-,12-,13+,14-,15+,16-,17+,18-,19+/m1/s1. The summed E-state index contributed by atoms with van der Waals surface area (Å²) in [7, 11) is 1.62. The van der Waals surface area contributed by atoms with Crippen LogP contribution in [0.15, 0.2) is 11.8 Å². The van der Waals surface area contributed by atoms with Crippen LogP contribution in [0.25, 0.3) is 0 Å². The van der Waals surface area contributed by atoms with Gasteiger partial charge in [0.25, 0.3) is 0 Å². The van der Waals surface area contributed by atoms with Gasteiger partial charge in [0.1, 0.15) is 35.8 Å². The zero-order valence-corrected chi connectivity index (χ0v) is 18.0. The van der Waals surface area contributed by atoms with Gasteiger partial charge in [0.05, 0.1) is 25.2 Å². The first-order valence-electron chi connectivity index (χ1n) is 10.6. The third kappa shape index (κ3) is 5.20. The summed E-state index contributed by atoms with van der Waals surface area (Å²) in [4.78, 5) is 0. The largest absolute Gasteiger partial charge is 0.467 e. The van der Waals surface area contributed by atoms with Crippen molar-refractivity contribution in [2.24, 2.45) is 22.9 Å². The quantitative estimate of drug-likeness (QED) is 0.196. The van der Waals surface area contributed by atoms with Crippen molar-refractivity contribution >= 4 is 0 Å². The number of aliphatic hydroxyl groups is 3. The minimum Gasteiger partial charge on any atom is -0.467 e. The maximum absolute atomic E-state index is 11.0. The number of nitrogens with two attached hydrogens (primary N) is 4. The molecule has 31 heavy (non-hydrogen) atoms. The van der Waals surface area contributed by atoms with Crippen molar-refractivity contribution in [2.75, 3.05) is 20.2 Å². The fourth-order valence-electron chi connectivity index (χ4n) is 4.44. The summed E-state index contributed by atoms with van der Waals surface area (Å²) < 4.78 is 23.1. The molecule has 0 aromatic rings. The van der Waals surface area contributed by atoms with Crippen LogP contribution in [0.2, 0.25) is 0 Å². The van der Waals surface area contributed by atoms with E-state index in [1.807, 2.05) is 0 Å². The SMILES string of the molecule is CN[C@@H]1[C@H](O)[C@@H](O[C@@H]2[C@H](O)[C@H](O[C@@H]3OC(CN)=CC[C@H]3N)[C@@H](N)C[C@H]2N)OC[C@]1(C)O. The number of hydrogen-bond donors (Lipinski definition) is 8. The van der Waals surface area contributed by atoms with E-state index in [-0.39, 0.29) is 13.2 Å². The first-order valence-corrected chi connectivity index (χ1v) is 10.6. The molecule has 3 rings (SSSR count). The van der Waals surface area contributed by atoms with E-state index in [9.17, 15) is 15.3 Å². The van der Waals surface area contributed by atoms with Crippen LogP contribution in [0.5, 0.6) is 0 Å². The summed E-state index contributed by atoms with van der Waals surface area (Å²) in [6.45, 7) is 1.68. The molecule has 0 amide bonds. The van der Waals surface area contributed by atoms with E-state index in [4.69, 9.17) is 41.9 Å². The molecule has 2 aliphatic heterocycles. The fraction of sp³-hybridized carbons (Fsp3) is 0.895. The number of nitrogens with one attached hydrogen (secondary N) is 1. The lowest BCUT2D eigenvalue weighted by Crippen LogP contribution is -2.68. The molecule has 3 aliphatic rings. The average molecular weight is 448 g/mol. The Morgan fingerprint density at radius 3 is 2.29 bits per heavy atom. The van der Waals surface area contributed by atoms with Gasteiger partial charge in [0, 0.05) is 12.1 Å². The molecule has 12 N–H and O–H groups in total. The predicted octanol–water partition coefficient (Wildman–Crippen LogP) is -3.85. The van der Waals surface area contributed by atoms with Crippen molar-refractivity contribution in [3.63, 3.8) is 0 Å². The lowest BCUT2D eigenvalue weighted by Gasteiger charge is -2.48. The van der Waals surface area contributed by atoms with Crippen LogP contribution in [0.3, 0.4) is 0 Å². The van der Waals surface area contributed by atoms with Gasteiger partial charge in [-0.1, -0.05) is 0 Å². The lowest BCUT2D eigenvalue weighted by atomic mass is 9.84. The summed E-state index contributed by atoms with van der Waals surface area (Å²) >= 11 is 0. The molecule has 0 unspecified atom stereocenters. The summed E-state index contributed by atoms with van der Waals surface area (Å²) in [6.07, 6.45) is -3.56. The molecule has 11 atom stereocenters. The highest BCUT2D eigenvalue weighted by Crippen LogP contribution is 2.31. The Bertz CT molecular complexity index is 639. The van der Waals surface area contributed by atoms with E-state index in [0.717, 1.165) is 0 Å².